The van der Waals surface area contributed by atoms with Gasteiger partial charge in [-0.1, -0.05) is 30.3 Å². The summed E-state index contributed by atoms with van der Waals surface area (Å²) >= 11 is 0. The Labute approximate surface area is 106 Å². The fourth-order valence-corrected chi connectivity index (χ4v) is 2.78. The molecule has 96 valence electrons. The summed E-state index contributed by atoms with van der Waals surface area (Å²) in [5.41, 5.74) is -0.202. The highest BCUT2D eigenvalue weighted by molar-refractivity contribution is 5.80. The molecular formula is C14H16NO3-. The number of aliphatic carboxylic acids is 1. The van der Waals surface area contributed by atoms with E-state index in [1.54, 1.807) is 0 Å². The molecule has 0 aliphatic heterocycles. The van der Waals surface area contributed by atoms with Crippen molar-refractivity contribution in [3.63, 3.8) is 0 Å². The largest absolute Gasteiger partial charge is 0.549 e. The molecule has 1 aromatic carbocycles. The van der Waals surface area contributed by atoms with E-state index in [0.717, 1.165) is 5.56 Å². The number of carboxylic acids is 1. The number of rotatable bonds is 3. The Morgan fingerprint density at radius 3 is 2.56 bits per heavy atom. The fraction of sp³-hybridized carbons (Fsp3) is 0.429. The van der Waals surface area contributed by atoms with E-state index in [2.05, 4.69) is 5.32 Å². The first-order valence-corrected chi connectivity index (χ1v) is 6.09. The van der Waals surface area contributed by atoms with Crippen molar-refractivity contribution in [3.8, 4) is 0 Å². The molecule has 1 fully saturated rings. The zero-order valence-corrected chi connectivity index (χ0v) is 10.3. The number of carboxylic acid groups (broad SMARTS) is 1. The minimum Gasteiger partial charge on any atom is -0.549 e. The molecule has 0 saturated heterocycles. The van der Waals surface area contributed by atoms with E-state index in [1.807, 2.05) is 30.3 Å². The Bertz CT molecular complexity index is 457. The van der Waals surface area contributed by atoms with Crippen molar-refractivity contribution < 1.29 is 14.7 Å². The van der Waals surface area contributed by atoms with Gasteiger partial charge in [-0.2, -0.15) is 0 Å². The number of carbonyl (C=O) groups is 2. The molecule has 18 heavy (non-hydrogen) atoms. The van der Waals surface area contributed by atoms with E-state index in [0.29, 0.717) is 19.3 Å². The van der Waals surface area contributed by atoms with Crippen LogP contribution in [0.2, 0.25) is 0 Å². The number of carbonyl (C=O) groups excluding carboxylic acids is 2. The molecule has 0 unspecified atom stereocenters. The van der Waals surface area contributed by atoms with Gasteiger partial charge in [0.15, 0.2) is 0 Å². The van der Waals surface area contributed by atoms with Crippen molar-refractivity contribution in [2.75, 3.05) is 0 Å². The Kier molecular flexibility index (Phi) is 3.36. The zero-order valence-electron chi connectivity index (χ0n) is 10.3. The predicted octanol–water partition coefficient (Wildman–Crippen LogP) is 0.363. The minimum absolute atomic E-state index is 0.0828. The lowest BCUT2D eigenvalue weighted by molar-refractivity contribution is -0.313. The van der Waals surface area contributed by atoms with Gasteiger partial charge >= 0.3 is 0 Å². The van der Waals surface area contributed by atoms with Gasteiger partial charge in [0.2, 0.25) is 5.91 Å². The van der Waals surface area contributed by atoms with Gasteiger partial charge in [-0.15, -0.1) is 0 Å². The van der Waals surface area contributed by atoms with Crippen molar-refractivity contribution in [1.29, 1.82) is 0 Å². The van der Waals surface area contributed by atoms with Gasteiger partial charge < -0.3 is 15.2 Å². The zero-order chi connectivity index (χ0) is 13.2. The average molecular weight is 246 g/mol. The van der Waals surface area contributed by atoms with Crippen LogP contribution >= 0.6 is 0 Å². The summed E-state index contributed by atoms with van der Waals surface area (Å²) in [6.07, 6.45) is 1.58. The third-order valence-electron chi connectivity index (χ3n) is 3.64. The molecule has 1 saturated carbocycles. The Morgan fingerprint density at radius 2 is 2.00 bits per heavy atom. The highest BCUT2D eigenvalue weighted by Gasteiger charge is 2.42. The van der Waals surface area contributed by atoms with Gasteiger partial charge in [0.05, 0.1) is 5.97 Å². The van der Waals surface area contributed by atoms with Crippen LogP contribution in [0.1, 0.15) is 31.7 Å². The molecule has 1 aliphatic carbocycles. The van der Waals surface area contributed by atoms with Gasteiger partial charge in [-0.05, 0) is 24.8 Å². The van der Waals surface area contributed by atoms with Crippen LogP contribution in [-0.4, -0.2) is 17.9 Å². The molecule has 2 atom stereocenters. The van der Waals surface area contributed by atoms with Crippen LogP contribution in [0.25, 0.3) is 0 Å². The van der Waals surface area contributed by atoms with Crippen molar-refractivity contribution >= 4 is 11.9 Å². The number of amides is 1. The van der Waals surface area contributed by atoms with Crippen LogP contribution in [0.5, 0.6) is 0 Å². The molecule has 4 nitrogen and oxygen atoms in total. The molecule has 1 amide bonds. The van der Waals surface area contributed by atoms with Gasteiger partial charge in [0, 0.05) is 18.4 Å². The third kappa shape index (κ3) is 2.23. The molecule has 0 spiro atoms. The van der Waals surface area contributed by atoms with Crippen molar-refractivity contribution in [1.82, 2.24) is 5.32 Å². The van der Waals surface area contributed by atoms with Gasteiger partial charge in [0.25, 0.3) is 0 Å². The van der Waals surface area contributed by atoms with Crippen molar-refractivity contribution in [2.45, 2.75) is 37.6 Å². The average Bonchev–Trinajstić information content (AvgIpc) is 2.74. The van der Waals surface area contributed by atoms with Crippen molar-refractivity contribution in [2.24, 2.45) is 0 Å². The quantitative estimate of drug-likeness (QED) is 0.837. The summed E-state index contributed by atoms with van der Waals surface area (Å²) in [5, 5.41) is 14.3. The number of nitrogens with one attached hydrogen (secondary N) is 1. The summed E-state index contributed by atoms with van der Waals surface area (Å²) in [7, 11) is 0. The predicted molar refractivity (Wildman–Crippen MR) is 64.6 cm³/mol. The molecule has 1 aliphatic rings. The van der Waals surface area contributed by atoms with E-state index in [1.165, 1.54) is 6.92 Å². The maximum absolute atomic E-state index is 11.5. The second-order valence-electron chi connectivity index (χ2n) is 4.88. The van der Waals surface area contributed by atoms with Crippen LogP contribution in [0.4, 0.5) is 0 Å². The molecule has 0 bridgehead atoms. The lowest BCUT2D eigenvalue weighted by Gasteiger charge is -2.31. The van der Waals surface area contributed by atoms with Crippen LogP contribution in [0.15, 0.2) is 30.3 Å². The van der Waals surface area contributed by atoms with Crippen molar-refractivity contribution in [3.05, 3.63) is 35.9 Å². The van der Waals surface area contributed by atoms with Gasteiger partial charge in [-0.25, -0.2) is 0 Å². The topological polar surface area (TPSA) is 69.2 Å². The van der Waals surface area contributed by atoms with Crippen LogP contribution in [-0.2, 0) is 15.0 Å². The summed E-state index contributed by atoms with van der Waals surface area (Å²) in [6, 6.07) is 9.04. The van der Waals surface area contributed by atoms with E-state index < -0.39 is 11.4 Å². The molecule has 1 N–H and O–H groups in total. The highest BCUT2D eigenvalue weighted by atomic mass is 16.4. The van der Waals surface area contributed by atoms with Crippen LogP contribution in [0.3, 0.4) is 0 Å². The lowest BCUT2D eigenvalue weighted by atomic mass is 9.79. The second-order valence-corrected chi connectivity index (χ2v) is 4.88. The molecule has 0 radical (unpaired) electrons. The summed E-state index contributed by atoms with van der Waals surface area (Å²) in [6.45, 7) is 1.45. The number of hydrogen-bond donors (Lipinski definition) is 1. The Hall–Kier alpha value is -1.84. The highest BCUT2D eigenvalue weighted by Crippen LogP contribution is 2.40. The Morgan fingerprint density at radius 1 is 1.33 bits per heavy atom. The van der Waals surface area contributed by atoms with E-state index in [4.69, 9.17) is 0 Å². The number of benzene rings is 1. The standard InChI is InChI=1S/C14H17NO3/c1-10(16)15-12-7-8-14(9-12,13(17)18)11-5-3-2-4-6-11/h2-6,12H,7-9H2,1H3,(H,15,16)(H,17,18)/p-1/t12-,14-/m1/s1. The first-order chi connectivity index (χ1) is 8.54. The molecule has 1 aromatic rings. The smallest absolute Gasteiger partial charge is 0.217 e. The van der Waals surface area contributed by atoms with Gasteiger partial charge in [-0.3, -0.25) is 4.79 Å². The molecule has 2 rings (SSSR count). The van der Waals surface area contributed by atoms with Crippen LogP contribution < -0.4 is 10.4 Å². The third-order valence-corrected chi connectivity index (χ3v) is 3.64. The SMILES string of the molecule is CC(=O)N[C@@H]1CC[C@](C(=O)[O-])(c2ccccc2)C1. The lowest BCUT2D eigenvalue weighted by Crippen LogP contribution is -2.45. The Balaban J connectivity index is 2.26. The summed E-state index contributed by atoms with van der Waals surface area (Å²) in [5.74, 6) is -1.18. The molecule has 0 heterocycles. The maximum atomic E-state index is 11.5. The van der Waals surface area contributed by atoms with E-state index >= 15 is 0 Å². The van der Waals surface area contributed by atoms with Crippen LogP contribution in [0, 0.1) is 0 Å². The number of hydrogen-bond acceptors (Lipinski definition) is 3. The maximum Gasteiger partial charge on any atom is 0.217 e. The minimum atomic E-state index is -1.05. The second kappa shape index (κ2) is 4.80. The van der Waals surface area contributed by atoms with E-state index in [-0.39, 0.29) is 11.9 Å². The molecular weight excluding hydrogens is 230 g/mol. The first-order valence-electron chi connectivity index (χ1n) is 6.09. The summed E-state index contributed by atoms with van der Waals surface area (Å²) < 4.78 is 0. The molecule has 4 heteroatoms. The first kappa shape index (κ1) is 12.6. The fourth-order valence-electron chi connectivity index (χ4n) is 2.78. The monoisotopic (exact) mass is 246 g/mol. The van der Waals surface area contributed by atoms with E-state index in [9.17, 15) is 14.7 Å². The summed E-state index contributed by atoms with van der Waals surface area (Å²) in [4.78, 5) is 22.6. The van der Waals surface area contributed by atoms with Gasteiger partial charge in [0.1, 0.15) is 0 Å². The molecule has 0 aromatic heterocycles. The normalized spacial score (nSPS) is 26.8.